The molecule has 0 unspecified atom stereocenters. The minimum atomic E-state index is 0.713. The highest BCUT2D eigenvalue weighted by Crippen LogP contribution is 2.36. The van der Waals surface area contributed by atoms with Crippen LogP contribution in [-0.2, 0) is 0 Å². The van der Waals surface area contributed by atoms with E-state index in [1.165, 1.54) is 33.0 Å². The molecule has 0 amide bonds. The summed E-state index contributed by atoms with van der Waals surface area (Å²) in [5.41, 5.74) is 12.0. The van der Waals surface area contributed by atoms with E-state index in [2.05, 4.69) is 157 Å². The quantitative estimate of drug-likeness (QED) is 0.182. The van der Waals surface area contributed by atoms with Gasteiger partial charge in [-0.05, 0) is 63.0 Å². The van der Waals surface area contributed by atoms with Crippen LogP contribution < -0.4 is 0 Å². The fourth-order valence-electron chi connectivity index (χ4n) is 6.71. The summed E-state index contributed by atoms with van der Waals surface area (Å²) in [4.78, 5) is 14.9. The first-order valence-electron chi connectivity index (χ1n) is 16.2. The molecule has 0 N–H and O–H groups in total. The predicted molar refractivity (Wildman–Crippen MR) is 200 cm³/mol. The number of hydrogen-bond donors (Lipinski definition) is 0. The van der Waals surface area contributed by atoms with Gasteiger partial charge in [0.25, 0.3) is 0 Å². The summed E-state index contributed by atoms with van der Waals surface area (Å²) in [5, 5.41) is 4.56. The van der Waals surface area contributed by atoms with Gasteiger partial charge in [-0.2, -0.15) is 0 Å². The second-order valence-electron chi connectivity index (χ2n) is 12.1. The van der Waals surface area contributed by atoms with E-state index in [4.69, 9.17) is 9.97 Å². The number of hydrogen-bond acceptors (Lipinski definition) is 3. The number of rotatable bonds is 5. The van der Waals surface area contributed by atoms with E-state index in [-0.39, 0.29) is 0 Å². The standard InChI is InChI=1S/C45H29N3/c1-2-10-30(11-3-1)31-21-25-34(26-22-31)44-40-17-6-7-18-42(40)47-45(48-44)37-13-8-12-35(28-37)32-19-23-33(24-20-32)41-29-36-14-9-27-46-43(36)39-16-5-4-15-38(39)41/h1-29H. The summed E-state index contributed by atoms with van der Waals surface area (Å²) in [6.07, 6.45) is 1.87. The van der Waals surface area contributed by atoms with E-state index in [1.807, 2.05) is 24.4 Å². The van der Waals surface area contributed by atoms with Gasteiger partial charge in [0, 0.05) is 33.5 Å². The molecule has 2 heterocycles. The number of para-hydroxylation sites is 1. The maximum Gasteiger partial charge on any atom is 0.160 e. The number of aromatic nitrogens is 3. The maximum absolute atomic E-state index is 5.17. The van der Waals surface area contributed by atoms with E-state index in [1.54, 1.807) is 0 Å². The second-order valence-corrected chi connectivity index (χ2v) is 12.1. The van der Waals surface area contributed by atoms with Gasteiger partial charge in [0.1, 0.15) is 0 Å². The van der Waals surface area contributed by atoms with Crippen molar-refractivity contribution in [2.75, 3.05) is 0 Å². The smallest absolute Gasteiger partial charge is 0.160 e. The van der Waals surface area contributed by atoms with Crippen LogP contribution in [-0.4, -0.2) is 15.0 Å². The lowest BCUT2D eigenvalue weighted by Crippen LogP contribution is -1.95. The minimum Gasteiger partial charge on any atom is -0.256 e. The summed E-state index contributed by atoms with van der Waals surface area (Å²) in [6, 6.07) is 59.7. The molecule has 2 aromatic heterocycles. The van der Waals surface area contributed by atoms with Crippen LogP contribution in [0.5, 0.6) is 0 Å². The van der Waals surface area contributed by atoms with Crippen LogP contribution in [0, 0.1) is 0 Å². The van der Waals surface area contributed by atoms with E-state index < -0.39 is 0 Å². The average molecular weight is 612 g/mol. The SMILES string of the molecule is c1ccc(-c2ccc(-c3nc(-c4cccc(-c5ccc(-c6cc7cccnc7c7ccccc67)cc5)c4)nc4ccccc34)cc2)cc1. The normalized spacial score (nSPS) is 11.3. The maximum atomic E-state index is 5.17. The van der Waals surface area contributed by atoms with Crippen molar-refractivity contribution in [3.63, 3.8) is 0 Å². The molecule has 0 aliphatic heterocycles. The number of benzene rings is 7. The summed E-state index contributed by atoms with van der Waals surface area (Å²) >= 11 is 0. The summed E-state index contributed by atoms with van der Waals surface area (Å²) in [6.45, 7) is 0. The molecule has 0 fully saturated rings. The Kier molecular flexibility index (Phi) is 6.80. The number of nitrogens with zero attached hydrogens (tertiary/aromatic N) is 3. The van der Waals surface area contributed by atoms with Gasteiger partial charge >= 0.3 is 0 Å². The van der Waals surface area contributed by atoms with Gasteiger partial charge in [0.2, 0.25) is 0 Å². The Morgan fingerprint density at radius 2 is 0.958 bits per heavy atom. The summed E-state index contributed by atoms with van der Waals surface area (Å²) < 4.78 is 0. The average Bonchev–Trinajstić information content (AvgIpc) is 3.18. The Bertz CT molecular complexity index is 2590. The van der Waals surface area contributed by atoms with Crippen molar-refractivity contribution < 1.29 is 0 Å². The Labute approximate surface area is 278 Å². The highest BCUT2D eigenvalue weighted by molar-refractivity contribution is 6.12. The monoisotopic (exact) mass is 611 g/mol. The lowest BCUT2D eigenvalue weighted by Gasteiger charge is -2.12. The van der Waals surface area contributed by atoms with Crippen LogP contribution in [0.4, 0.5) is 0 Å². The zero-order valence-electron chi connectivity index (χ0n) is 26.1. The van der Waals surface area contributed by atoms with Gasteiger partial charge in [-0.15, -0.1) is 0 Å². The molecule has 48 heavy (non-hydrogen) atoms. The van der Waals surface area contributed by atoms with Crippen LogP contribution >= 0.6 is 0 Å². The van der Waals surface area contributed by atoms with Gasteiger partial charge in [-0.3, -0.25) is 4.98 Å². The molecule has 0 aliphatic rings. The third kappa shape index (κ3) is 4.99. The third-order valence-corrected chi connectivity index (χ3v) is 9.13. The molecule has 224 valence electrons. The van der Waals surface area contributed by atoms with Gasteiger partial charge in [0.05, 0.1) is 16.7 Å². The van der Waals surface area contributed by atoms with Crippen LogP contribution in [0.2, 0.25) is 0 Å². The highest BCUT2D eigenvalue weighted by atomic mass is 14.9. The van der Waals surface area contributed by atoms with Crippen LogP contribution in [0.25, 0.3) is 88.6 Å². The summed E-state index contributed by atoms with van der Waals surface area (Å²) in [5.74, 6) is 0.713. The molecule has 0 aliphatic carbocycles. The Morgan fingerprint density at radius 3 is 1.77 bits per heavy atom. The summed E-state index contributed by atoms with van der Waals surface area (Å²) in [7, 11) is 0. The fourth-order valence-corrected chi connectivity index (χ4v) is 6.71. The van der Waals surface area contributed by atoms with Crippen LogP contribution in [0.1, 0.15) is 0 Å². The van der Waals surface area contributed by atoms with Crippen molar-refractivity contribution in [2.24, 2.45) is 0 Å². The zero-order chi connectivity index (χ0) is 31.9. The van der Waals surface area contributed by atoms with Crippen molar-refractivity contribution in [3.05, 3.63) is 176 Å². The molecule has 0 radical (unpaired) electrons. The van der Waals surface area contributed by atoms with Crippen molar-refractivity contribution in [1.29, 1.82) is 0 Å². The topological polar surface area (TPSA) is 38.7 Å². The van der Waals surface area contributed by atoms with E-state index in [9.17, 15) is 0 Å². The number of pyridine rings is 1. The lowest BCUT2D eigenvalue weighted by molar-refractivity contribution is 1.23. The molecule has 0 spiro atoms. The molecule has 0 saturated carbocycles. The van der Waals surface area contributed by atoms with Crippen LogP contribution in [0.15, 0.2) is 176 Å². The molecule has 3 nitrogen and oxygen atoms in total. The van der Waals surface area contributed by atoms with Crippen molar-refractivity contribution in [2.45, 2.75) is 0 Å². The zero-order valence-corrected chi connectivity index (χ0v) is 26.1. The number of fused-ring (bicyclic) bond motifs is 4. The molecule has 7 aromatic carbocycles. The molecule has 9 rings (SSSR count). The molecular formula is C45H29N3. The van der Waals surface area contributed by atoms with E-state index in [0.29, 0.717) is 5.82 Å². The Hall–Kier alpha value is -6.45. The van der Waals surface area contributed by atoms with E-state index in [0.717, 1.165) is 49.8 Å². The third-order valence-electron chi connectivity index (χ3n) is 9.13. The van der Waals surface area contributed by atoms with Crippen LogP contribution in [0.3, 0.4) is 0 Å². The fraction of sp³-hybridized carbons (Fsp3) is 0. The van der Waals surface area contributed by atoms with Crippen molar-refractivity contribution >= 4 is 32.6 Å². The van der Waals surface area contributed by atoms with Crippen molar-refractivity contribution in [1.82, 2.24) is 15.0 Å². The largest absolute Gasteiger partial charge is 0.256 e. The molecular weight excluding hydrogens is 583 g/mol. The Morgan fingerprint density at radius 1 is 0.354 bits per heavy atom. The Balaban J connectivity index is 1.08. The van der Waals surface area contributed by atoms with Gasteiger partial charge < -0.3 is 0 Å². The first-order valence-corrected chi connectivity index (χ1v) is 16.2. The van der Waals surface area contributed by atoms with Crippen molar-refractivity contribution in [3.8, 4) is 56.0 Å². The second kappa shape index (κ2) is 11.7. The minimum absolute atomic E-state index is 0.713. The molecule has 0 saturated heterocycles. The van der Waals surface area contributed by atoms with E-state index >= 15 is 0 Å². The first-order chi connectivity index (χ1) is 23.8. The lowest BCUT2D eigenvalue weighted by atomic mass is 9.94. The first kappa shape index (κ1) is 27.8. The predicted octanol–water partition coefficient (Wildman–Crippen LogP) is 11.7. The highest BCUT2D eigenvalue weighted by Gasteiger charge is 2.14. The van der Waals surface area contributed by atoms with Gasteiger partial charge in [-0.25, -0.2) is 9.97 Å². The molecule has 0 atom stereocenters. The molecule has 9 aromatic rings. The molecule has 0 bridgehead atoms. The van der Waals surface area contributed by atoms with Gasteiger partial charge in [0.15, 0.2) is 5.82 Å². The van der Waals surface area contributed by atoms with Gasteiger partial charge in [-0.1, -0.05) is 146 Å². The molecule has 3 heteroatoms.